The van der Waals surface area contributed by atoms with Gasteiger partial charge < -0.3 is 141 Å². The summed E-state index contributed by atoms with van der Waals surface area (Å²) in [6, 6.07) is 3.00. The van der Waals surface area contributed by atoms with E-state index in [-0.39, 0.29) is 85.1 Å². The minimum Gasteiger partial charge on any atom is -0.481 e. The molecule has 0 aliphatic rings. The van der Waals surface area contributed by atoms with Crippen molar-refractivity contribution >= 4 is 70.3 Å². The monoisotopic (exact) mass is 1630 g/mol. The Morgan fingerprint density at radius 3 is 1.12 bits per heavy atom. The molecule has 0 unspecified atom stereocenters. The van der Waals surface area contributed by atoms with Crippen LogP contribution in [0.4, 0.5) is 23.0 Å². The van der Waals surface area contributed by atoms with Crippen LogP contribution < -0.4 is 37.2 Å². The van der Waals surface area contributed by atoms with Crippen LogP contribution in [0, 0.1) is 0 Å². The van der Waals surface area contributed by atoms with Gasteiger partial charge in [-0.25, -0.2) is 15.0 Å². The molecule has 5 aromatic rings. The fraction of sp³-hybridized carbons (Fsp3) is 0.662. The van der Waals surface area contributed by atoms with E-state index in [1.165, 1.54) is 51.6 Å². The van der Waals surface area contributed by atoms with Crippen LogP contribution in [0.15, 0.2) is 49.3 Å². The lowest BCUT2D eigenvalue weighted by Gasteiger charge is -2.22. The van der Waals surface area contributed by atoms with Crippen LogP contribution in [-0.2, 0) is 125 Å². The van der Waals surface area contributed by atoms with Gasteiger partial charge in [-0.15, -0.1) is 0 Å². The summed E-state index contributed by atoms with van der Waals surface area (Å²) in [5.74, 6) is -4.67. The second-order valence-electron chi connectivity index (χ2n) is 25.4. The highest BCUT2D eigenvalue weighted by Gasteiger charge is 2.22. The maximum absolute atomic E-state index is 13.9. The summed E-state index contributed by atoms with van der Waals surface area (Å²) < 4.78 is 96.0. The summed E-state index contributed by atoms with van der Waals surface area (Å²) in [4.78, 5) is 118. The number of hydrogen-bond acceptors (Lipinski definition) is 28. The number of rotatable bonds is 72. The summed E-state index contributed by atoms with van der Waals surface area (Å²) in [6.07, 6.45) is 10.9. The molecule has 7 amide bonds. The summed E-state index contributed by atoms with van der Waals surface area (Å²) in [7, 11) is 9.64. The number of ether oxygens (including phenoxy) is 16. The average Bonchev–Trinajstić information content (AvgIpc) is 1.73. The van der Waals surface area contributed by atoms with E-state index in [1.807, 2.05) is 0 Å². The van der Waals surface area contributed by atoms with Crippen molar-refractivity contribution in [1.29, 1.82) is 0 Å². The fourth-order valence-electron chi connectivity index (χ4n) is 10.4. The smallest absolute Gasteiger partial charge is 0.305 e. The van der Waals surface area contributed by atoms with Gasteiger partial charge >= 0.3 is 5.97 Å². The minimum atomic E-state index is -1.08. The van der Waals surface area contributed by atoms with Crippen molar-refractivity contribution in [2.24, 2.45) is 28.2 Å². The van der Waals surface area contributed by atoms with Crippen LogP contribution in [0.3, 0.4) is 0 Å². The first-order chi connectivity index (χ1) is 56.0. The van der Waals surface area contributed by atoms with Gasteiger partial charge in [0, 0.05) is 132 Å². The van der Waals surface area contributed by atoms with E-state index >= 15 is 0 Å². The number of nitrogens with one attached hydrogen (secondary N) is 7. The van der Waals surface area contributed by atoms with Crippen molar-refractivity contribution in [2.75, 3.05) is 273 Å². The molecule has 8 N–H and O–H groups in total. The highest BCUT2D eigenvalue weighted by Crippen LogP contribution is 2.19. The van der Waals surface area contributed by atoms with Gasteiger partial charge in [-0.2, -0.15) is 0 Å². The minimum absolute atomic E-state index is 0.0459. The van der Waals surface area contributed by atoms with Gasteiger partial charge in [0.25, 0.3) is 29.5 Å². The lowest BCUT2D eigenvalue weighted by Crippen LogP contribution is -2.32. The third kappa shape index (κ3) is 43.2. The summed E-state index contributed by atoms with van der Waals surface area (Å²) in [5.41, 5.74) is 1.03. The number of aryl methyl sites for hydroxylation is 5. The molecular formula is C74H120N16O25. The molecule has 5 rings (SSSR count). The average molecular weight is 1630 g/mol. The predicted molar refractivity (Wildman–Crippen MR) is 417 cm³/mol. The number of methoxy groups -OCH3 is 2. The first-order valence-corrected chi connectivity index (χ1v) is 38.4. The number of nitrogens with zero attached hydrogens (tertiary/aromatic N) is 9. The van der Waals surface area contributed by atoms with Crippen molar-refractivity contribution in [3.63, 3.8) is 0 Å². The Morgan fingerprint density at radius 1 is 0.365 bits per heavy atom. The third-order valence-corrected chi connectivity index (χ3v) is 16.3. The zero-order chi connectivity index (χ0) is 82.7. The second kappa shape index (κ2) is 60.7. The number of hydrogen-bond donors (Lipinski definition) is 8. The van der Waals surface area contributed by atoms with Gasteiger partial charge in [-0.1, -0.05) is 6.42 Å². The Hall–Kier alpha value is -8.73. The lowest BCUT2D eigenvalue weighted by molar-refractivity contribution is -0.136. The number of aliphatic carboxylic acids is 1. The van der Waals surface area contributed by atoms with Crippen molar-refractivity contribution < 1.29 is 119 Å². The van der Waals surface area contributed by atoms with Crippen LogP contribution in [0.25, 0.3) is 0 Å². The van der Waals surface area contributed by atoms with Gasteiger partial charge in [-0.3, -0.25) is 43.3 Å². The SMILES string of the molecule is COCCOCCOCCOCCOCCOCCOCCOCCN(CCCCCn1cc(NC(=O)c2nccn2C)cc1C(=O)NCCC(=O)Nc1cn(C)c(C(=O)Nc2cc(C(=O)NCCC(=O)Nc3cn(C)c(C(=O)NCCC(=O)O)n3)n(C)c2)n1)CCOCCOCCOCCOCCOCCOCCOCCOC. The van der Waals surface area contributed by atoms with E-state index in [2.05, 4.69) is 57.1 Å². The molecule has 646 valence electrons. The Balaban J connectivity index is 1.02. The first kappa shape index (κ1) is 96.9. The number of carboxylic acids is 1. The molecule has 0 aliphatic heterocycles. The maximum atomic E-state index is 13.9. The quantitative estimate of drug-likeness (QED) is 0.0254. The Kier molecular flexibility index (Phi) is 51.2. The molecule has 115 heavy (non-hydrogen) atoms. The van der Waals surface area contributed by atoms with E-state index < -0.39 is 47.3 Å². The van der Waals surface area contributed by atoms with Crippen molar-refractivity contribution in [3.8, 4) is 0 Å². The molecule has 0 bridgehead atoms. The summed E-state index contributed by atoms with van der Waals surface area (Å²) in [6.45, 7) is 16.1. The standard InChI is InChI=1S/C74H120N16O25/c1-85-19-16-75-67(85)73(98)80-59-53-61(71(96)77-14-11-65(92)82-63-57-88(4)69(84-63)74(99)79-58-52-60(86(2)54-58)70(95)76-13-10-64(91)81-62-56-87(3)68(83-62)72(97)78-15-12-66(93)94)90(55-59)18-9-7-8-17-89(20-22-102-28-30-106-36-38-110-44-46-114-50-48-112-42-40-108-34-32-104-26-24-100-5)21-23-103-29-31-107-37-39-111-45-47-115-51-49-113-43-41-109-35-33-105-27-25-101-6/h16,19,52-57H,7-15,17-18,20-51H2,1-6H3,(H,76,95)(H,77,96)(H,78,97)(H,79,99)(H,80,98)(H,81,91)(H,82,92)(H,93,94). The Morgan fingerprint density at radius 2 is 0.722 bits per heavy atom. The van der Waals surface area contributed by atoms with Gasteiger partial charge in [-0.05, 0) is 31.5 Å². The topological polar surface area (TPSA) is 455 Å². The molecule has 41 heteroatoms. The second-order valence-corrected chi connectivity index (χ2v) is 25.4. The molecule has 0 atom stereocenters. The molecule has 0 fully saturated rings. The molecule has 0 saturated heterocycles. The van der Waals surface area contributed by atoms with Crippen LogP contribution in [0.1, 0.15) is 91.4 Å². The molecule has 0 aliphatic carbocycles. The number of carboxylic acid groups (broad SMARTS) is 1. The molecule has 41 nitrogen and oxygen atoms in total. The predicted octanol–water partition coefficient (Wildman–Crippen LogP) is 1.25. The molecule has 5 heterocycles. The molecule has 0 spiro atoms. The molecule has 0 saturated carbocycles. The van der Waals surface area contributed by atoms with Crippen molar-refractivity contribution in [2.45, 2.75) is 45.1 Å². The van der Waals surface area contributed by atoms with Gasteiger partial charge in [0.05, 0.1) is 216 Å². The molecular weight excluding hydrogens is 1510 g/mol. The number of aromatic nitrogens is 8. The van der Waals surface area contributed by atoms with Gasteiger partial charge in [0.1, 0.15) is 11.4 Å². The Bertz CT molecular complexity index is 3500. The van der Waals surface area contributed by atoms with Gasteiger partial charge in [0.15, 0.2) is 17.5 Å². The zero-order valence-electron chi connectivity index (χ0n) is 67.3. The number of carbonyl (C=O) groups excluding carboxylic acids is 7. The highest BCUT2D eigenvalue weighted by atomic mass is 16.6. The number of anilines is 4. The molecule has 0 radical (unpaired) electrons. The van der Waals surface area contributed by atoms with E-state index in [4.69, 9.17) is 80.9 Å². The van der Waals surface area contributed by atoms with E-state index in [0.717, 1.165) is 19.4 Å². The number of carbonyl (C=O) groups is 8. The lowest BCUT2D eigenvalue weighted by atomic mass is 10.2. The number of amides is 7. The first-order valence-electron chi connectivity index (χ1n) is 38.4. The van der Waals surface area contributed by atoms with Crippen molar-refractivity contribution in [3.05, 3.63) is 78.2 Å². The number of imidazole rings is 3. The zero-order valence-corrected chi connectivity index (χ0v) is 67.3. The largest absolute Gasteiger partial charge is 0.481 e. The van der Waals surface area contributed by atoms with Crippen LogP contribution in [0.2, 0.25) is 0 Å². The molecule has 5 aromatic heterocycles. The molecule has 0 aromatic carbocycles. The van der Waals surface area contributed by atoms with Crippen LogP contribution in [-0.4, -0.2) is 347 Å². The summed E-state index contributed by atoms with van der Waals surface area (Å²) in [5, 5.41) is 27.5. The normalized spacial score (nSPS) is 11.4. The highest BCUT2D eigenvalue weighted by molar-refractivity contribution is 6.05. The van der Waals surface area contributed by atoms with E-state index in [0.29, 0.717) is 230 Å². The maximum Gasteiger partial charge on any atom is 0.305 e. The Labute approximate surface area is 670 Å². The van der Waals surface area contributed by atoms with E-state index in [1.54, 1.807) is 63.0 Å². The summed E-state index contributed by atoms with van der Waals surface area (Å²) >= 11 is 0. The van der Waals surface area contributed by atoms with Crippen LogP contribution >= 0.6 is 0 Å². The number of unbranched alkanes of at least 4 members (excludes halogenated alkanes) is 2. The van der Waals surface area contributed by atoms with E-state index in [9.17, 15) is 38.4 Å². The van der Waals surface area contributed by atoms with Crippen LogP contribution in [0.5, 0.6) is 0 Å². The van der Waals surface area contributed by atoms with Crippen molar-refractivity contribution in [1.82, 2.24) is 58.6 Å². The van der Waals surface area contributed by atoms with Gasteiger partial charge in [0.2, 0.25) is 23.5 Å². The third-order valence-electron chi connectivity index (χ3n) is 16.3. The fourth-order valence-corrected chi connectivity index (χ4v) is 10.4.